The number of rotatable bonds is 4. The molecule has 120 valence electrons. The lowest BCUT2D eigenvalue weighted by molar-refractivity contribution is 0.0659. The molecule has 1 aliphatic heterocycles. The van der Waals surface area contributed by atoms with Gasteiger partial charge in [-0.25, -0.2) is 0 Å². The summed E-state index contributed by atoms with van der Waals surface area (Å²) in [6.07, 6.45) is 9.57. The average molecular weight is 318 g/mol. The predicted molar refractivity (Wildman–Crippen MR) is 91.6 cm³/mol. The molecule has 0 unspecified atom stereocenters. The van der Waals surface area contributed by atoms with Crippen LogP contribution in [0.4, 0.5) is 5.00 Å². The van der Waals surface area contributed by atoms with Crippen LogP contribution in [0.25, 0.3) is 0 Å². The number of hydrogen-bond donors (Lipinski definition) is 1. The van der Waals surface area contributed by atoms with Crippen LogP contribution in [0.1, 0.15) is 73.2 Å². The fourth-order valence-corrected chi connectivity index (χ4v) is 5.48. The van der Waals surface area contributed by atoms with Gasteiger partial charge in [0, 0.05) is 10.9 Å². The first-order valence-electron chi connectivity index (χ1n) is 8.96. The molecule has 0 saturated heterocycles. The molecule has 4 heteroatoms. The van der Waals surface area contributed by atoms with E-state index in [9.17, 15) is 4.79 Å². The monoisotopic (exact) mass is 318 g/mol. The molecule has 22 heavy (non-hydrogen) atoms. The Balaban J connectivity index is 1.70. The highest BCUT2D eigenvalue weighted by molar-refractivity contribution is 7.16. The van der Waals surface area contributed by atoms with Crippen LogP contribution in [0.15, 0.2) is 0 Å². The summed E-state index contributed by atoms with van der Waals surface area (Å²) in [5.74, 6) is 1.14. The molecule has 0 bridgehead atoms. The Morgan fingerprint density at radius 2 is 2.09 bits per heavy atom. The highest BCUT2D eigenvalue weighted by atomic mass is 32.1. The van der Waals surface area contributed by atoms with Crippen molar-refractivity contribution in [2.75, 3.05) is 5.32 Å². The zero-order valence-corrected chi connectivity index (χ0v) is 14.5. The highest BCUT2D eigenvalue weighted by Crippen LogP contribution is 2.45. The summed E-state index contributed by atoms with van der Waals surface area (Å²) in [5, 5.41) is 4.88. The normalized spacial score (nSPS) is 27.4. The van der Waals surface area contributed by atoms with Gasteiger partial charge in [-0.3, -0.25) is 4.79 Å². The van der Waals surface area contributed by atoms with Gasteiger partial charge in [0.2, 0.25) is 0 Å². The van der Waals surface area contributed by atoms with Crippen LogP contribution in [-0.4, -0.2) is 23.0 Å². The van der Waals surface area contributed by atoms with E-state index in [0.717, 1.165) is 30.7 Å². The maximum Gasteiger partial charge on any atom is 0.259 e. The Hall–Kier alpha value is -1.03. The Morgan fingerprint density at radius 3 is 2.77 bits per heavy atom. The van der Waals surface area contributed by atoms with Gasteiger partial charge in [-0.15, -0.1) is 11.3 Å². The Morgan fingerprint density at radius 1 is 1.27 bits per heavy atom. The largest absolute Gasteiger partial charge is 0.356 e. The van der Waals surface area contributed by atoms with E-state index in [1.165, 1.54) is 47.5 Å². The lowest BCUT2D eigenvalue weighted by Crippen LogP contribution is -2.49. The Bertz CT molecular complexity index is 590. The zero-order chi connectivity index (χ0) is 15.3. The van der Waals surface area contributed by atoms with Gasteiger partial charge in [0.25, 0.3) is 5.91 Å². The van der Waals surface area contributed by atoms with Crippen molar-refractivity contribution in [3.8, 4) is 0 Å². The topological polar surface area (TPSA) is 32.3 Å². The fraction of sp³-hybridized carbons (Fsp3) is 0.722. The lowest BCUT2D eigenvalue weighted by atomic mass is 9.85. The first kappa shape index (κ1) is 14.6. The minimum Gasteiger partial charge on any atom is -0.356 e. The van der Waals surface area contributed by atoms with Gasteiger partial charge < -0.3 is 10.2 Å². The van der Waals surface area contributed by atoms with E-state index < -0.39 is 0 Å². The van der Waals surface area contributed by atoms with Crippen LogP contribution in [0.2, 0.25) is 0 Å². The summed E-state index contributed by atoms with van der Waals surface area (Å²) in [6.45, 7) is 4.50. The average Bonchev–Trinajstić information content (AvgIpc) is 3.27. The molecule has 2 heterocycles. The number of carbonyl (C=O) groups excluding carboxylic acids is 1. The minimum absolute atomic E-state index is 0.222. The van der Waals surface area contributed by atoms with Crippen molar-refractivity contribution < 1.29 is 4.79 Å². The van der Waals surface area contributed by atoms with Crippen LogP contribution >= 0.6 is 11.3 Å². The third kappa shape index (κ3) is 2.27. The summed E-state index contributed by atoms with van der Waals surface area (Å²) in [7, 11) is 0. The van der Waals surface area contributed by atoms with E-state index in [4.69, 9.17) is 0 Å². The summed E-state index contributed by atoms with van der Waals surface area (Å²) < 4.78 is 0. The van der Waals surface area contributed by atoms with Gasteiger partial charge >= 0.3 is 0 Å². The number of fused-ring (bicyclic) bond motifs is 3. The van der Waals surface area contributed by atoms with E-state index in [2.05, 4.69) is 24.1 Å². The third-order valence-corrected chi connectivity index (χ3v) is 6.71. The minimum atomic E-state index is 0.222. The SMILES string of the molecule is CCC[C@@H]1Nc2sc3c(c2C(=O)N1C1CC1)CC[C@H](CC)C3. The van der Waals surface area contributed by atoms with E-state index in [0.29, 0.717) is 11.9 Å². The van der Waals surface area contributed by atoms with Crippen molar-refractivity contribution in [1.82, 2.24) is 4.90 Å². The molecule has 3 aliphatic rings. The second-order valence-corrected chi connectivity index (χ2v) is 8.22. The quantitative estimate of drug-likeness (QED) is 0.891. The van der Waals surface area contributed by atoms with Crippen molar-refractivity contribution in [2.45, 2.75) is 77.4 Å². The van der Waals surface area contributed by atoms with E-state index in [1.54, 1.807) is 0 Å². The molecule has 0 aromatic carbocycles. The Labute approximate surface area is 137 Å². The second-order valence-electron chi connectivity index (χ2n) is 7.12. The molecule has 3 nitrogen and oxygen atoms in total. The van der Waals surface area contributed by atoms with Crippen LogP contribution < -0.4 is 5.32 Å². The van der Waals surface area contributed by atoms with Gasteiger partial charge in [0.05, 0.1) is 5.56 Å². The predicted octanol–water partition coefficient (Wildman–Crippen LogP) is 4.42. The van der Waals surface area contributed by atoms with E-state index in [-0.39, 0.29) is 6.17 Å². The van der Waals surface area contributed by atoms with Crippen LogP contribution in [0, 0.1) is 5.92 Å². The summed E-state index contributed by atoms with van der Waals surface area (Å²) in [6, 6.07) is 0.493. The maximum atomic E-state index is 13.2. The molecule has 4 rings (SSSR count). The van der Waals surface area contributed by atoms with Crippen LogP contribution in [0.3, 0.4) is 0 Å². The van der Waals surface area contributed by atoms with Crippen molar-refractivity contribution in [3.05, 3.63) is 16.0 Å². The third-order valence-electron chi connectivity index (χ3n) is 5.53. The van der Waals surface area contributed by atoms with Gasteiger partial charge in [-0.1, -0.05) is 26.7 Å². The highest BCUT2D eigenvalue weighted by Gasteiger charge is 2.43. The van der Waals surface area contributed by atoms with Crippen molar-refractivity contribution in [2.24, 2.45) is 5.92 Å². The van der Waals surface area contributed by atoms with E-state index >= 15 is 0 Å². The number of carbonyl (C=O) groups is 1. The van der Waals surface area contributed by atoms with Gasteiger partial charge in [0.15, 0.2) is 0 Å². The summed E-state index contributed by atoms with van der Waals surface area (Å²) in [4.78, 5) is 16.8. The molecule has 2 aliphatic carbocycles. The molecule has 1 aromatic rings. The van der Waals surface area contributed by atoms with Crippen LogP contribution in [0.5, 0.6) is 0 Å². The number of anilines is 1. The van der Waals surface area contributed by atoms with Crippen molar-refractivity contribution in [3.63, 3.8) is 0 Å². The molecule has 1 saturated carbocycles. The summed E-state index contributed by atoms with van der Waals surface area (Å²) >= 11 is 1.87. The second kappa shape index (κ2) is 5.55. The number of nitrogens with one attached hydrogen (secondary N) is 1. The fourth-order valence-electron chi connectivity index (χ4n) is 4.08. The Kier molecular flexibility index (Phi) is 3.67. The zero-order valence-electron chi connectivity index (χ0n) is 13.7. The molecular weight excluding hydrogens is 292 g/mol. The molecular formula is C18H26N2OS. The van der Waals surface area contributed by atoms with Crippen LogP contribution in [-0.2, 0) is 12.8 Å². The maximum absolute atomic E-state index is 13.2. The first-order chi connectivity index (χ1) is 10.7. The molecule has 1 amide bonds. The molecule has 0 radical (unpaired) electrons. The standard InChI is InChI=1S/C18H26N2OS/c1-3-5-15-19-17-16(18(21)20(15)12-7-8-12)13-9-6-11(4-2)10-14(13)22-17/h11-12,15,19H,3-10H2,1-2H3/t11-,15+/m0/s1. The smallest absolute Gasteiger partial charge is 0.259 e. The molecule has 2 atom stereocenters. The van der Waals surface area contributed by atoms with Crippen molar-refractivity contribution in [1.29, 1.82) is 0 Å². The molecule has 1 fully saturated rings. The van der Waals surface area contributed by atoms with Gasteiger partial charge in [-0.2, -0.15) is 0 Å². The first-order valence-corrected chi connectivity index (χ1v) is 9.78. The number of amides is 1. The van der Waals surface area contributed by atoms with Gasteiger partial charge in [-0.05, 0) is 50.0 Å². The van der Waals surface area contributed by atoms with Crippen molar-refractivity contribution >= 4 is 22.2 Å². The number of hydrogen-bond acceptors (Lipinski definition) is 3. The number of nitrogens with zero attached hydrogens (tertiary/aromatic N) is 1. The lowest BCUT2D eigenvalue weighted by Gasteiger charge is -2.37. The summed E-state index contributed by atoms with van der Waals surface area (Å²) in [5.41, 5.74) is 2.41. The molecule has 1 aromatic heterocycles. The molecule has 1 N–H and O–H groups in total. The van der Waals surface area contributed by atoms with Gasteiger partial charge in [0.1, 0.15) is 11.2 Å². The number of thiophene rings is 1. The van der Waals surface area contributed by atoms with E-state index in [1.807, 2.05) is 11.3 Å². The molecule has 0 spiro atoms.